The summed E-state index contributed by atoms with van der Waals surface area (Å²) in [5, 5.41) is 12.8. The topological polar surface area (TPSA) is 58.6 Å². The number of rotatable bonds is 4. The molecule has 2 atom stereocenters. The van der Waals surface area contributed by atoms with Gasteiger partial charge in [-0.2, -0.15) is 0 Å². The van der Waals surface area contributed by atoms with E-state index in [-0.39, 0.29) is 18.1 Å². The molecule has 0 spiro atoms. The second-order valence-corrected chi connectivity index (χ2v) is 5.62. The Hall–Kier alpha value is -1.55. The second-order valence-electron chi connectivity index (χ2n) is 5.62. The molecule has 0 bridgehead atoms. The molecule has 0 radical (unpaired) electrons. The lowest BCUT2D eigenvalue weighted by Gasteiger charge is -2.28. The number of carbonyl (C=O) groups is 1. The van der Waals surface area contributed by atoms with E-state index in [1.807, 2.05) is 13.8 Å². The maximum absolute atomic E-state index is 12.1. The Kier molecular flexibility index (Phi) is 5.01. The van der Waals surface area contributed by atoms with Gasteiger partial charge in [-0.3, -0.25) is 4.79 Å². The molecule has 2 rings (SSSR count). The summed E-state index contributed by atoms with van der Waals surface area (Å²) in [6.45, 7) is 3.93. The molecule has 0 unspecified atom stereocenters. The van der Waals surface area contributed by atoms with Crippen molar-refractivity contribution in [3.8, 4) is 5.75 Å². The lowest BCUT2D eigenvalue weighted by atomic mass is 9.92. The van der Waals surface area contributed by atoms with Crippen molar-refractivity contribution in [2.75, 3.05) is 0 Å². The molecule has 110 valence electrons. The summed E-state index contributed by atoms with van der Waals surface area (Å²) in [6, 6.07) is 6.98. The quantitative estimate of drug-likeness (QED) is 0.889. The number of aliphatic hydroxyl groups is 1. The molecule has 1 aliphatic rings. The molecule has 1 fully saturated rings. The number of nitrogens with one attached hydrogen (secondary N) is 1. The Labute approximate surface area is 120 Å². The number of ether oxygens (including phenoxy) is 1. The van der Waals surface area contributed by atoms with Crippen LogP contribution in [0.25, 0.3) is 0 Å². The molecule has 1 amide bonds. The third kappa shape index (κ3) is 3.97. The van der Waals surface area contributed by atoms with Crippen LogP contribution in [0.5, 0.6) is 5.75 Å². The van der Waals surface area contributed by atoms with Gasteiger partial charge in [0.15, 0.2) is 0 Å². The molecule has 1 aromatic carbocycles. The number of hydrogen-bond acceptors (Lipinski definition) is 3. The first-order valence-corrected chi connectivity index (χ1v) is 7.32. The van der Waals surface area contributed by atoms with Gasteiger partial charge in [-0.05, 0) is 51.0 Å². The predicted octanol–water partition coefficient (Wildman–Crippen LogP) is 2.51. The van der Waals surface area contributed by atoms with Crippen LogP contribution < -0.4 is 10.1 Å². The molecule has 1 saturated carbocycles. The molecule has 0 aliphatic heterocycles. The molecule has 0 aromatic heterocycles. The molecular weight excluding hydrogens is 254 g/mol. The van der Waals surface area contributed by atoms with E-state index in [2.05, 4.69) is 5.32 Å². The summed E-state index contributed by atoms with van der Waals surface area (Å²) in [5.41, 5.74) is 0.596. The van der Waals surface area contributed by atoms with E-state index in [0.29, 0.717) is 5.56 Å². The van der Waals surface area contributed by atoms with Gasteiger partial charge in [0.2, 0.25) is 0 Å². The van der Waals surface area contributed by atoms with Gasteiger partial charge in [0.25, 0.3) is 5.91 Å². The zero-order valence-electron chi connectivity index (χ0n) is 12.1. The van der Waals surface area contributed by atoms with Gasteiger partial charge in [0, 0.05) is 5.56 Å². The highest BCUT2D eigenvalue weighted by Crippen LogP contribution is 2.19. The first kappa shape index (κ1) is 14.9. The van der Waals surface area contributed by atoms with Gasteiger partial charge in [-0.25, -0.2) is 0 Å². The van der Waals surface area contributed by atoms with E-state index < -0.39 is 6.10 Å². The SMILES string of the molecule is CC(C)Oc1ccc(C(=O)N[C@H]2CCCC[C@@H]2O)cc1. The van der Waals surface area contributed by atoms with Gasteiger partial charge in [-0.15, -0.1) is 0 Å². The molecule has 1 aliphatic carbocycles. The Balaban J connectivity index is 1.95. The fourth-order valence-electron chi connectivity index (χ4n) is 2.49. The number of carbonyl (C=O) groups excluding carboxylic acids is 1. The van der Waals surface area contributed by atoms with E-state index in [1.54, 1.807) is 24.3 Å². The second kappa shape index (κ2) is 6.75. The summed E-state index contributed by atoms with van der Waals surface area (Å²) in [5.74, 6) is 0.626. The number of aliphatic hydroxyl groups excluding tert-OH is 1. The zero-order valence-corrected chi connectivity index (χ0v) is 12.1. The monoisotopic (exact) mass is 277 g/mol. The van der Waals surface area contributed by atoms with E-state index in [0.717, 1.165) is 31.4 Å². The minimum Gasteiger partial charge on any atom is -0.491 e. The summed E-state index contributed by atoms with van der Waals surface area (Å²) in [4.78, 5) is 12.1. The van der Waals surface area contributed by atoms with Crippen molar-refractivity contribution in [2.24, 2.45) is 0 Å². The third-order valence-electron chi connectivity index (χ3n) is 3.53. The minimum atomic E-state index is -0.420. The largest absolute Gasteiger partial charge is 0.491 e. The predicted molar refractivity (Wildman–Crippen MR) is 77.9 cm³/mol. The van der Waals surface area contributed by atoms with Crippen molar-refractivity contribution >= 4 is 5.91 Å². The van der Waals surface area contributed by atoms with Crippen molar-refractivity contribution < 1.29 is 14.6 Å². The summed E-state index contributed by atoms with van der Waals surface area (Å²) >= 11 is 0. The van der Waals surface area contributed by atoms with E-state index in [9.17, 15) is 9.90 Å². The number of amides is 1. The van der Waals surface area contributed by atoms with Crippen LogP contribution in [0.2, 0.25) is 0 Å². The van der Waals surface area contributed by atoms with Crippen LogP contribution in [0.15, 0.2) is 24.3 Å². The lowest BCUT2D eigenvalue weighted by molar-refractivity contribution is 0.0717. The van der Waals surface area contributed by atoms with Crippen molar-refractivity contribution in [1.29, 1.82) is 0 Å². The number of benzene rings is 1. The Bertz CT molecular complexity index is 442. The van der Waals surface area contributed by atoms with Crippen molar-refractivity contribution in [3.63, 3.8) is 0 Å². The van der Waals surface area contributed by atoms with Crippen molar-refractivity contribution in [1.82, 2.24) is 5.32 Å². The minimum absolute atomic E-state index is 0.118. The maximum Gasteiger partial charge on any atom is 0.251 e. The van der Waals surface area contributed by atoms with Gasteiger partial charge in [-0.1, -0.05) is 12.8 Å². The average Bonchev–Trinajstić information content (AvgIpc) is 2.41. The average molecular weight is 277 g/mol. The van der Waals surface area contributed by atoms with Gasteiger partial charge in [0.1, 0.15) is 5.75 Å². The number of hydrogen-bond donors (Lipinski definition) is 2. The molecule has 2 N–H and O–H groups in total. The first-order valence-electron chi connectivity index (χ1n) is 7.32. The summed E-state index contributed by atoms with van der Waals surface area (Å²) < 4.78 is 5.54. The molecule has 0 heterocycles. The molecule has 0 saturated heterocycles. The fraction of sp³-hybridized carbons (Fsp3) is 0.562. The normalized spacial score (nSPS) is 22.6. The zero-order chi connectivity index (χ0) is 14.5. The van der Waals surface area contributed by atoms with E-state index in [1.165, 1.54) is 0 Å². The Morgan fingerprint density at radius 2 is 1.90 bits per heavy atom. The van der Waals surface area contributed by atoms with Crippen LogP contribution in [0.1, 0.15) is 49.9 Å². The molecule has 4 heteroatoms. The molecule has 20 heavy (non-hydrogen) atoms. The Morgan fingerprint density at radius 3 is 2.50 bits per heavy atom. The van der Waals surface area contributed by atoms with Gasteiger partial charge >= 0.3 is 0 Å². The van der Waals surface area contributed by atoms with Crippen molar-refractivity contribution in [3.05, 3.63) is 29.8 Å². The van der Waals surface area contributed by atoms with Crippen LogP contribution >= 0.6 is 0 Å². The van der Waals surface area contributed by atoms with Crippen LogP contribution in [0, 0.1) is 0 Å². The molecule has 1 aromatic rings. The fourth-order valence-corrected chi connectivity index (χ4v) is 2.49. The van der Waals surface area contributed by atoms with E-state index >= 15 is 0 Å². The highest BCUT2D eigenvalue weighted by atomic mass is 16.5. The first-order chi connectivity index (χ1) is 9.56. The van der Waals surface area contributed by atoms with Crippen LogP contribution in [0.4, 0.5) is 0 Å². The molecular formula is C16H23NO3. The Morgan fingerprint density at radius 1 is 1.25 bits per heavy atom. The highest BCUT2D eigenvalue weighted by molar-refractivity contribution is 5.94. The van der Waals surface area contributed by atoms with Crippen molar-refractivity contribution in [2.45, 2.75) is 57.8 Å². The molecule has 4 nitrogen and oxygen atoms in total. The highest BCUT2D eigenvalue weighted by Gasteiger charge is 2.24. The van der Waals surface area contributed by atoms with Crippen LogP contribution in [-0.4, -0.2) is 29.3 Å². The third-order valence-corrected chi connectivity index (χ3v) is 3.53. The summed E-state index contributed by atoms with van der Waals surface area (Å²) in [6.07, 6.45) is 3.41. The summed E-state index contributed by atoms with van der Waals surface area (Å²) in [7, 11) is 0. The maximum atomic E-state index is 12.1. The van der Waals surface area contributed by atoms with Crippen LogP contribution in [0.3, 0.4) is 0 Å². The standard InChI is InChI=1S/C16H23NO3/c1-11(2)20-13-9-7-12(8-10-13)16(19)17-14-5-3-4-6-15(14)18/h7-11,14-15,18H,3-6H2,1-2H3,(H,17,19)/t14-,15-/m0/s1. The van der Waals surface area contributed by atoms with Gasteiger partial charge < -0.3 is 15.2 Å². The lowest BCUT2D eigenvalue weighted by Crippen LogP contribution is -2.45. The van der Waals surface area contributed by atoms with Gasteiger partial charge in [0.05, 0.1) is 18.2 Å². The smallest absolute Gasteiger partial charge is 0.251 e. The van der Waals surface area contributed by atoms with E-state index in [4.69, 9.17) is 4.74 Å². The van der Waals surface area contributed by atoms with Crippen LogP contribution in [-0.2, 0) is 0 Å².